The van der Waals surface area contributed by atoms with Crippen LogP contribution in [0.1, 0.15) is 12.8 Å². The summed E-state index contributed by atoms with van der Waals surface area (Å²) in [5, 5.41) is 0. The van der Waals surface area contributed by atoms with Crippen molar-refractivity contribution in [2.45, 2.75) is 12.8 Å². The van der Waals surface area contributed by atoms with Crippen LogP contribution in [-0.4, -0.2) is 13.7 Å². The van der Waals surface area contributed by atoms with Crippen LogP contribution in [0.2, 0.25) is 0 Å². The first kappa shape index (κ1) is 8.10. The van der Waals surface area contributed by atoms with Gasteiger partial charge in [-0.2, -0.15) is 0 Å². The molecule has 1 aliphatic rings. The summed E-state index contributed by atoms with van der Waals surface area (Å²) >= 11 is 0. The lowest BCUT2D eigenvalue weighted by molar-refractivity contribution is 0.240. The van der Waals surface area contributed by atoms with Gasteiger partial charge >= 0.3 is 0 Å². The first-order chi connectivity index (χ1) is 5.43. The van der Waals surface area contributed by atoms with Gasteiger partial charge in [0.1, 0.15) is 6.61 Å². The molecule has 0 bridgehead atoms. The third kappa shape index (κ3) is 3.06. The molecule has 0 radical (unpaired) electrons. The molecule has 0 aliphatic heterocycles. The van der Waals surface area contributed by atoms with Crippen molar-refractivity contribution in [3.63, 3.8) is 0 Å². The Hall–Kier alpha value is -1.00. The summed E-state index contributed by atoms with van der Waals surface area (Å²) in [5.74, 6) is 5.99. The number of methoxy groups -OCH3 is 1. The van der Waals surface area contributed by atoms with Gasteiger partial charge in [-0.25, -0.2) is 0 Å². The predicted octanol–water partition coefficient (Wildman–Crippen LogP) is 1.91. The summed E-state index contributed by atoms with van der Waals surface area (Å²) < 4.78 is 4.81. The van der Waals surface area contributed by atoms with Crippen molar-refractivity contribution in [3.8, 4) is 11.8 Å². The van der Waals surface area contributed by atoms with E-state index in [2.05, 4.69) is 30.1 Å². The first-order valence-corrected chi connectivity index (χ1v) is 3.77. The zero-order valence-corrected chi connectivity index (χ0v) is 6.76. The minimum atomic E-state index is 0.529. The molecule has 0 atom stereocenters. The Labute approximate surface area is 67.8 Å². The maximum absolute atomic E-state index is 4.81. The highest BCUT2D eigenvalue weighted by atomic mass is 16.5. The highest BCUT2D eigenvalue weighted by Crippen LogP contribution is 2.09. The number of hydrogen-bond acceptors (Lipinski definition) is 1. The van der Waals surface area contributed by atoms with Crippen molar-refractivity contribution in [3.05, 3.63) is 23.8 Å². The fraction of sp³-hybridized carbons (Fsp3) is 0.400. The molecule has 58 valence electrons. The highest BCUT2D eigenvalue weighted by Gasteiger charge is 1.93. The standard InChI is InChI=1S/C10H12O/c1-11-9-5-8-10-6-3-2-4-7-10/h2-3,6H,4,7,9H2,1H3. The highest BCUT2D eigenvalue weighted by molar-refractivity contribution is 5.34. The topological polar surface area (TPSA) is 9.23 Å². The van der Waals surface area contributed by atoms with Gasteiger partial charge in [-0.15, -0.1) is 0 Å². The molecule has 0 saturated heterocycles. The Morgan fingerprint density at radius 1 is 1.64 bits per heavy atom. The van der Waals surface area contributed by atoms with E-state index in [1.165, 1.54) is 5.57 Å². The summed E-state index contributed by atoms with van der Waals surface area (Å²) in [7, 11) is 1.66. The molecule has 0 saturated carbocycles. The molecule has 0 N–H and O–H groups in total. The molecule has 0 fully saturated rings. The molecule has 11 heavy (non-hydrogen) atoms. The van der Waals surface area contributed by atoms with Crippen molar-refractivity contribution in [2.75, 3.05) is 13.7 Å². The van der Waals surface area contributed by atoms with Gasteiger partial charge in [0.2, 0.25) is 0 Å². The van der Waals surface area contributed by atoms with Gasteiger partial charge in [0.05, 0.1) is 0 Å². The molecular formula is C10H12O. The Morgan fingerprint density at radius 3 is 3.18 bits per heavy atom. The van der Waals surface area contributed by atoms with Crippen molar-refractivity contribution < 1.29 is 4.74 Å². The first-order valence-electron chi connectivity index (χ1n) is 3.77. The molecule has 1 rings (SSSR count). The number of allylic oxidation sites excluding steroid dienone is 4. The summed E-state index contributed by atoms with van der Waals surface area (Å²) in [6, 6.07) is 0. The summed E-state index contributed by atoms with van der Waals surface area (Å²) in [6.45, 7) is 0.529. The van der Waals surface area contributed by atoms with Crippen molar-refractivity contribution in [1.82, 2.24) is 0 Å². The van der Waals surface area contributed by atoms with Crippen LogP contribution in [0.3, 0.4) is 0 Å². The monoisotopic (exact) mass is 148 g/mol. The second-order valence-corrected chi connectivity index (χ2v) is 2.39. The summed E-state index contributed by atoms with van der Waals surface area (Å²) in [4.78, 5) is 0. The van der Waals surface area contributed by atoms with Crippen LogP contribution >= 0.6 is 0 Å². The zero-order valence-electron chi connectivity index (χ0n) is 6.76. The van der Waals surface area contributed by atoms with E-state index in [1.807, 2.05) is 0 Å². The number of ether oxygens (including phenoxy) is 1. The van der Waals surface area contributed by atoms with E-state index < -0.39 is 0 Å². The van der Waals surface area contributed by atoms with Crippen LogP contribution in [-0.2, 0) is 4.74 Å². The molecule has 0 spiro atoms. The van der Waals surface area contributed by atoms with Crippen LogP contribution in [0, 0.1) is 11.8 Å². The third-order valence-electron chi connectivity index (χ3n) is 1.48. The zero-order chi connectivity index (χ0) is 7.94. The molecule has 0 aromatic carbocycles. The quantitative estimate of drug-likeness (QED) is 0.516. The van der Waals surface area contributed by atoms with Gasteiger partial charge in [-0.05, 0) is 12.8 Å². The van der Waals surface area contributed by atoms with E-state index in [9.17, 15) is 0 Å². The Morgan fingerprint density at radius 2 is 2.55 bits per heavy atom. The maximum atomic E-state index is 4.81. The van der Waals surface area contributed by atoms with Crippen molar-refractivity contribution in [1.29, 1.82) is 0 Å². The van der Waals surface area contributed by atoms with E-state index in [0.29, 0.717) is 6.61 Å². The van der Waals surface area contributed by atoms with Crippen LogP contribution in [0.5, 0.6) is 0 Å². The van der Waals surface area contributed by atoms with Crippen molar-refractivity contribution in [2.24, 2.45) is 0 Å². The average Bonchev–Trinajstić information content (AvgIpc) is 2.07. The lowest BCUT2D eigenvalue weighted by Gasteiger charge is -1.99. The second kappa shape index (κ2) is 4.76. The fourth-order valence-electron chi connectivity index (χ4n) is 0.929. The van der Waals surface area contributed by atoms with Gasteiger partial charge in [0.15, 0.2) is 0 Å². The Balaban J connectivity index is 2.43. The number of hydrogen-bond donors (Lipinski definition) is 0. The molecule has 0 heterocycles. The van der Waals surface area contributed by atoms with Gasteiger partial charge < -0.3 is 4.74 Å². The molecule has 0 unspecified atom stereocenters. The summed E-state index contributed by atoms with van der Waals surface area (Å²) in [5.41, 5.74) is 1.21. The normalized spacial score (nSPS) is 15.2. The molecule has 1 nitrogen and oxygen atoms in total. The molecular weight excluding hydrogens is 136 g/mol. The molecule has 0 amide bonds. The fourth-order valence-corrected chi connectivity index (χ4v) is 0.929. The maximum Gasteiger partial charge on any atom is 0.107 e. The molecule has 0 aromatic rings. The molecule has 1 heteroatoms. The largest absolute Gasteiger partial charge is 0.372 e. The van der Waals surface area contributed by atoms with Crippen molar-refractivity contribution >= 4 is 0 Å². The molecule has 1 aliphatic carbocycles. The predicted molar refractivity (Wildman–Crippen MR) is 46.1 cm³/mol. The lowest BCUT2D eigenvalue weighted by atomic mass is 10.1. The smallest absolute Gasteiger partial charge is 0.107 e. The van der Waals surface area contributed by atoms with Gasteiger partial charge in [-0.1, -0.05) is 30.1 Å². The Kier molecular flexibility index (Phi) is 3.51. The second-order valence-electron chi connectivity index (χ2n) is 2.39. The minimum absolute atomic E-state index is 0.529. The number of rotatable bonds is 1. The summed E-state index contributed by atoms with van der Waals surface area (Å²) in [6.07, 6.45) is 8.47. The Bertz CT molecular complexity index is 225. The van der Waals surface area contributed by atoms with E-state index in [4.69, 9.17) is 4.74 Å². The SMILES string of the molecule is COCC#CC1=CC=CCC1. The minimum Gasteiger partial charge on any atom is -0.372 e. The average molecular weight is 148 g/mol. The van der Waals surface area contributed by atoms with E-state index >= 15 is 0 Å². The van der Waals surface area contributed by atoms with Gasteiger partial charge in [0, 0.05) is 12.7 Å². The van der Waals surface area contributed by atoms with E-state index in [1.54, 1.807) is 7.11 Å². The third-order valence-corrected chi connectivity index (χ3v) is 1.48. The van der Waals surface area contributed by atoms with Crippen LogP contribution in [0.25, 0.3) is 0 Å². The van der Waals surface area contributed by atoms with Gasteiger partial charge in [0.25, 0.3) is 0 Å². The van der Waals surface area contributed by atoms with E-state index in [-0.39, 0.29) is 0 Å². The lowest BCUT2D eigenvalue weighted by Crippen LogP contribution is -1.85. The molecule has 0 aromatic heterocycles. The van der Waals surface area contributed by atoms with Crippen LogP contribution in [0.15, 0.2) is 23.8 Å². The van der Waals surface area contributed by atoms with Gasteiger partial charge in [-0.3, -0.25) is 0 Å². The van der Waals surface area contributed by atoms with Crippen LogP contribution in [0.4, 0.5) is 0 Å². The van der Waals surface area contributed by atoms with Crippen LogP contribution < -0.4 is 0 Å². The van der Waals surface area contributed by atoms with E-state index in [0.717, 1.165) is 12.8 Å².